The Morgan fingerprint density at radius 2 is 1.13 bits per heavy atom. The smallest absolute Gasteiger partial charge is 0.410 e. The number of carbonyl (C=O) groups excluding carboxylic acids is 4. The van der Waals surface area contributed by atoms with Crippen LogP contribution in [0.5, 0.6) is 0 Å². The van der Waals surface area contributed by atoms with Crippen LogP contribution in [0.2, 0.25) is 10.0 Å². The first-order chi connectivity index (χ1) is 44.4. The summed E-state index contributed by atoms with van der Waals surface area (Å²) in [5.74, 6) is 1.85. The summed E-state index contributed by atoms with van der Waals surface area (Å²) in [5.41, 5.74) is 4.22. The molecule has 5 fully saturated rings. The van der Waals surface area contributed by atoms with E-state index in [-0.39, 0.29) is 42.3 Å². The van der Waals surface area contributed by atoms with E-state index >= 15 is 0 Å². The van der Waals surface area contributed by atoms with E-state index in [0.717, 1.165) is 142 Å². The Balaban J connectivity index is 0.000000201. The molecule has 3 aliphatic heterocycles. The van der Waals surface area contributed by atoms with E-state index in [4.69, 9.17) is 59.0 Å². The van der Waals surface area contributed by atoms with Crippen LogP contribution in [0, 0.1) is 11.8 Å². The zero-order valence-corrected chi connectivity index (χ0v) is 58.5. The Labute approximate surface area is 565 Å². The molecule has 4 aromatic heterocycles. The third kappa shape index (κ3) is 21.6. The van der Waals surface area contributed by atoms with Crippen molar-refractivity contribution in [2.75, 3.05) is 63.6 Å². The molecule has 6 atom stereocenters. The van der Waals surface area contributed by atoms with Crippen molar-refractivity contribution in [1.29, 1.82) is 0 Å². The lowest BCUT2D eigenvalue weighted by atomic mass is 9.88. The van der Waals surface area contributed by atoms with Crippen molar-refractivity contribution in [3.63, 3.8) is 0 Å². The first-order valence-electron chi connectivity index (χ1n) is 32.7. The number of nitrogens with one attached hydrogen (secondary N) is 5. The van der Waals surface area contributed by atoms with Crippen LogP contribution in [0.1, 0.15) is 131 Å². The van der Waals surface area contributed by atoms with Crippen LogP contribution in [-0.4, -0.2) is 167 Å². The van der Waals surface area contributed by atoms with Crippen LogP contribution in [0.3, 0.4) is 0 Å². The van der Waals surface area contributed by atoms with E-state index in [9.17, 15) is 19.2 Å². The van der Waals surface area contributed by atoms with Crippen molar-refractivity contribution in [1.82, 2.24) is 54.6 Å². The van der Waals surface area contributed by atoms with Gasteiger partial charge < -0.3 is 54.8 Å². The number of hydrogen-bond acceptors (Lipinski definition) is 15. The average molecular weight is 1360 g/mol. The number of amides is 3. The van der Waals surface area contributed by atoms with Crippen molar-refractivity contribution in [3.05, 3.63) is 109 Å². The van der Waals surface area contributed by atoms with E-state index < -0.39 is 16.4 Å². The molecule has 5 N–H and O–H groups in total. The van der Waals surface area contributed by atoms with Gasteiger partial charge in [0.05, 0.1) is 33.8 Å². The van der Waals surface area contributed by atoms with Gasteiger partial charge in [0.2, 0.25) is 23.0 Å². The molecule has 11 rings (SSSR count). The molecule has 2 saturated carbocycles. The number of carbonyl (C=O) groups is 4. The number of H-pyrrole nitrogens is 2. The highest BCUT2D eigenvalue weighted by molar-refractivity contribution is 7.13. The van der Waals surface area contributed by atoms with Gasteiger partial charge in [-0.25, -0.2) is 29.5 Å². The molecule has 20 nitrogen and oxygen atoms in total. The second-order valence-electron chi connectivity index (χ2n) is 26.7. The van der Waals surface area contributed by atoms with Gasteiger partial charge in [-0.05, 0) is 199 Å². The normalized spacial score (nSPS) is 20.4. The zero-order valence-electron chi connectivity index (χ0n) is 55.0. The fraction of sp³-hybridized carbons (Fsp3) is 0.536. The molecule has 0 spiro atoms. The lowest BCUT2D eigenvalue weighted by Crippen LogP contribution is -2.50. The third-order valence-corrected chi connectivity index (χ3v) is 18.3. The number of halogens is 3. The van der Waals surface area contributed by atoms with Gasteiger partial charge in [-0.1, -0.05) is 82.1 Å². The zero-order chi connectivity index (χ0) is 66.8. The largest absolute Gasteiger partial charge is 0.444 e. The van der Waals surface area contributed by atoms with Gasteiger partial charge in [-0.15, -0.1) is 0 Å². The fourth-order valence-electron chi connectivity index (χ4n) is 12.7. The van der Waals surface area contributed by atoms with Gasteiger partial charge in [0.25, 0.3) is 0 Å². The quantitative estimate of drug-likeness (QED) is 0.0366. The van der Waals surface area contributed by atoms with Crippen LogP contribution in [0.25, 0.3) is 44.3 Å². The maximum Gasteiger partial charge on any atom is 0.410 e. The van der Waals surface area contributed by atoms with E-state index in [0.29, 0.717) is 71.0 Å². The van der Waals surface area contributed by atoms with Gasteiger partial charge in [0.15, 0.2) is 0 Å². The summed E-state index contributed by atoms with van der Waals surface area (Å²) in [5, 5.41) is 13.1. The number of aromatic amines is 2. The van der Waals surface area contributed by atoms with Gasteiger partial charge in [-0.3, -0.25) is 14.3 Å². The van der Waals surface area contributed by atoms with Crippen LogP contribution in [0.4, 0.5) is 21.5 Å². The maximum atomic E-state index is 13.5. The first kappa shape index (κ1) is 72.4. The minimum atomic E-state index is -0.586. The number of fused-ring (bicyclic) bond motifs is 2. The van der Waals surface area contributed by atoms with E-state index in [1.54, 1.807) is 12.4 Å². The molecule has 6 aromatic rings. The Morgan fingerprint density at radius 3 is 1.53 bits per heavy atom. The minimum Gasteiger partial charge on any atom is -0.444 e. The first-order valence-corrected chi connectivity index (χ1v) is 34.3. The number of likely N-dealkylation sites (tertiary alicyclic amines) is 1. The van der Waals surface area contributed by atoms with Crippen molar-refractivity contribution in [2.45, 2.75) is 173 Å². The molecule has 5 aliphatic rings. The lowest BCUT2D eigenvalue weighted by Gasteiger charge is -2.41. The monoisotopic (exact) mass is 1350 g/mol. The molecule has 2 aliphatic carbocycles. The van der Waals surface area contributed by atoms with Crippen molar-refractivity contribution >= 4 is 101 Å². The number of rotatable bonds is 15. The molecule has 3 saturated heterocycles. The maximum absolute atomic E-state index is 13.5. The molecule has 2 aromatic carbocycles. The summed E-state index contributed by atoms with van der Waals surface area (Å²) in [6.45, 7) is 23.9. The number of ether oxygens (including phenoxy) is 3. The summed E-state index contributed by atoms with van der Waals surface area (Å²) >= 11 is 17.8. The fourth-order valence-corrected chi connectivity index (χ4v) is 13.3. The van der Waals surface area contributed by atoms with E-state index in [1.165, 1.54) is 18.9 Å². The third-order valence-electron chi connectivity index (χ3n) is 17.3. The lowest BCUT2D eigenvalue weighted by molar-refractivity contribution is -0.127. The van der Waals surface area contributed by atoms with Gasteiger partial charge in [0.1, 0.15) is 17.4 Å². The van der Waals surface area contributed by atoms with Crippen molar-refractivity contribution in [2.24, 2.45) is 11.8 Å². The second-order valence-corrected chi connectivity index (χ2v) is 28.7. The Kier molecular flexibility index (Phi) is 26.8. The number of hydrogen-bond donors (Lipinski definition) is 5. The average Bonchev–Trinajstić information content (AvgIpc) is 1.78. The molecular formula is C69H95Cl3N13O7P. The molecule has 0 bridgehead atoms. The summed E-state index contributed by atoms with van der Waals surface area (Å²) in [4.78, 5) is 79.3. The molecule has 7 heterocycles. The number of anilines is 2. The summed E-state index contributed by atoms with van der Waals surface area (Å²) < 4.78 is 19.1. The molecular weight excluding hydrogens is 1260 g/mol. The van der Waals surface area contributed by atoms with E-state index in [1.807, 2.05) is 123 Å². The standard InChI is InChI=1S/C32H41ClN6O3.C29H39ClN6O2.C5H12NOP.C3H3ClO/c1-5-28(40)38-15-13-21(14-16-38)20-39(31(41)42-32(2,3)4)23-10-8-9-22(17-23)36-30-35-19-26(33)29(37-30)25-18-34-27-12-7-6-11-24(25)27;1-29(2,3)38-28(37)36(18-19-11-13-31-14-12-19)21-8-6-7-20(15-21)34-27-33-17-24(30)26(35-27)23-16-32-25-10-5-4-9-22(23)25;1-6(8)5-3-2-4-7-5;1-2-3(4)5/h5-7,11-12,18-19,21-23,34H,1,8-10,13-17,20H2,2-4H3,(H,35,36,37);4-5,9-10,16-17,19-21,31-32H,6-8,11-15,18H2,1-3H3,(H,33,34,35);5H,2-4,8H2,1H3;2H,1H2/t22-,23?;20-,21?;;/m11../s1. The Morgan fingerprint density at radius 1 is 0.677 bits per heavy atom. The number of aromatic nitrogens is 6. The van der Waals surface area contributed by atoms with Crippen molar-refractivity contribution < 1.29 is 33.4 Å². The molecule has 4 unspecified atom stereocenters. The van der Waals surface area contributed by atoms with Crippen LogP contribution in [-0.2, 0) is 23.8 Å². The highest BCUT2D eigenvalue weighted by Gasteiger charge is 2.37. The SMILES string of the molecule is C=CC(=O)Cl.C=CC(=O)N1CCC(CN(C(=O)OC(C)(C)C)C2CCC[C@@H](Nc3ncc(Cl)c(-c4c[nH]c5ccccc45)n3)C2)CC1.CC(C)(C)OC(=O)N(CC1CCNCC1)C1CCC[C@@H](Nc2ncc(Cl)c(-c3c[nH]c4ccccc34)n2)C1.CN(P)C1CCCO1. The predicted octanol–water partition coefficient (Wildman–Crippen LogP) is 14.7. The minimum absolute atomic E-state index is 0.0272. The van der Waals surface area contributed by atoms with Crippen LogP contribution >= 0.6 is 44.2 Å². The predicted molar refractivity (Wildman–Crippen MR) is 376 cm³/mol. The molecule has 24 heteroatoms. The summed E-state index contributed by atoms with van der Waals surface area (Å²) in [7, 11) is 4.63. The van der Waals surface area contributed by atoms with Crippen molar-refractivity contribution in [3.8, 4) is 22.5 Å². The van der Waals surface area contributed by atoms with Crippen LogP contribution < -0.4 is 16.0 Å². The highest BCUT2D eigenvalue weighted by Crippen LogP contribution is 2.37. The highest BCUT2D eigenvalue weighted by atomic mass is 35.5. The van der Waals surface area contributed by atoms with Gasteiger partial charge in [0, 0.05) is 102 Å². The Hall–Kier alpha value is -6.38. The summed E-state index contributed by atoms with van der Waals surface area (Å²) in [6.07, 6.45) is 23.2. The van der Waals surface area contributed by atoms with Crippen LogP contribution in [0.15, 0.2) is 98.6 Å². The number of piperidine rings is 2. The molecule has 93 heavy (non-hydrogen) atoms. The summed E-state index contributed by atoms with van der Waals surface area (Å²) in [6, 6.07) is 16.6. The molecule has 504 valence electrons. The number of para-hydroxylation sites is 2. The topological polar surface area (TPSA) is 228 Å². The number of benzene rings is 2. The molecule has 3 amide bonds. The Bertz CT molecular complexity index is 3440. The number of allylic oxidation sites excluding steroid dienone is 1. The van der Waals surface area contributed by atoms with E-state index in [2.05, 4.69) is 64.5 Å². The van der Waals surface area contributed by atoms with Gasteiger partial charge in [-0.2, -0.15) is 0 Å². The molecule has 0 radical (unpaired) electrons. The second kappa shape index (κ2) is 34.3. The number of nitrogens with zero attached hydrogens (tertiary/aromatic N) is 8. The van der Waals surface area contributed by atoms with Gasteiger partial charge >= 0.3 is 12.2 Å².